The number of nitrogens with two attached hydrogens (primary N) is 1. The van der Waals surface area contributed by atoms with Crippen LogP contribution in [0.5, 0.6) is 5.75 Å². The molecule has 6 N–H and O–H groups in total. The second-order valence-corrected chi connectivity index (χ2v) is 23.4. The number of ketones is 2. The van der Waals surface area contributed by atoms with Gasteiger partial charge in [-0.15, -0.1) is 0 Å². The van der Waals surface area contributed by atoms with Crippen molar-refractivity contribution in [2.75, 3.05) is 44.6 Å². The zero-order chi connectivity index (χ0) is 61.1. The smallest absolute Gasteiger partial charge is 0.412 e. The lowest BCUT2D eigenvalue weighted by atomic mass is 9.78. The van der Waals surface area contributed by atoms with Crippen molar-refractivity contribution in [2.24, 2.45) is 29.4 Å². The standard InChI is InChI=1S/C60H80ClFN6O15/c1-33(2)40(29-39(69)16-11-10-12-22-68-51(72)24-35(4)56(68)75)55(74)65-43(17-14-21-64-57(63)76)45(70)27-37-19-20-42(41(62)25-37)66-58(77)82-49-30-50(71)67(7)44-26-38(28-46(79-8)53(44)61)23-34(3)15-13-18-48(80-9)60(78)31-47(81-52(73)32-60)36(5)54-59(49,6)83-54/h13,15,18-20,25-26,28,33,35-36,40,43,47-49,54,78H,10-12,14,16-17,21-24,27,29-32H2,1-9H3,(H,65,74)(H,66,77)(H3,63,64,76)/b18-13+,34-15+/t35?,36-,40+,43+,47+,48-,49+,54+,59+,60-/m1/s1. The number of likely N-dealkylation sites (tertiary alicyclic amines) is 1. The highest BCUT2D eigenvalue weighted by Crippen LogP contribution is 2.50. The van der Waals surface area contributed by atoms with E-state index < -0.39 is 101 Å². The van der Waals surface area contributed by atoms with Gasteiger partial charge in [0.25, 0.3) is 0 Å². The van der Waals surface area contributed by atoms with Crippen LogP contribution in [-0.2, 0) is 65.4 Å². The number of Topliss-reactive ketones (excluding diaryl/α,β-unsaturated/α-hetero) is 2. The van der Waals surface area contributed by atoms with E-state index in [9.17, 15) is 48.3 Å². The van der Waals surface area contributed by atoms with Crippen molar-refractivity contribution in [2.45, 2.75) is 167 Å². The third-order valence-corrected chi connectivity index (χ3v) is 16.6. The van der Waals surface area contributed by atoms with Gasteiger partial charge in [-0.3, -0.25) is 43.8 Å². The van der Waals surface area contributed by atoms with E-state index in [-0.39, 0.29) is 110 Å². The minimum absolute atomic E-state index is 0.0378. The first-order valence-corrected chi connectivity index (χ1v) is 28.6. The van der Waals surface area contributed by atoms with Gasteiger partial charge in [-0.05, 0) is 87.3 Å². The fourth-order valence-corrected chi connectivity index (χ4v) is 11.5. The summed E-state index contributed by atoms with van der Waals surface area (Å²) in [6.45, 7) is 10.9. The number of benzene rings is 2. The molecule has 6 rings (SSSR count). The van der Waals surface area contributed by atoms with Crippen LogP contribution in [0.4, 0.5) is 25.4 Å². The Kier molecular flexibility index (Phi) is 22.6. The lowest BCUT2D eigenvalue weighted by Gasteiger charge is -2.41. The van der Waals surface area contributed by atoms with E-state index in [1.165, 1.54) is 43.2 Å². The number of primary amides is 1. The van der Waals surface area contributed by atoms with Crippen LogP contribution in [0.2, 0.25) is 5.02 Å². The minimum Gasteiger partial charge on any atom is -0.495 e. The molecule has 3 fully saturated rings. The molecule has 4 bridgehead atoms. The van der Waals surface area contributed by atoms with E-state index in [2.05, 4.69) is 16.0 Å². The first-order valence-electron chi connectivity index (χ1n) is 28.3. The van der Waals surface area contributed by atoms with Gasteiger partial charge in [0.2, 0.25) is 23.6 Å². The molecule has 4 aliphatic heterocycles. The number of nitrogens with one attached hydrogen (secondary N) is 3. The average molecular weight is 1180 g/mol. The highest BCUT2D eigenvalue weighted by atomic mass is 35.5. The van der Waals surface area contributed by atoms with Crippen molar-refractivity contribution < 1.29 is 76.3 Å². The van der Waals surface area contributed by atoms with Gasteiger partial charge in [0.05, 0.1) is 43.5 Å². The molecular formula is C60H80ClFN6O15. The number of nitrogens with zero attached hydrogens (tertiary/aromatic N) is 2. The topological polar surface area (TPSA) is 292 Å². The number of methoxy groups -OCH3 is 2. The van der Waals surface area contributed by atoms with Gasteiger partial charge in [0.15, 0.2) is 5.78 Å². The number of carbonyl (C=O) groups is 9. The molecule has 0 aliphatic carbocycles. The number of ether oxygens (including phenoxy) is 5. The number of imide groups is 1. The largest absolute Gasteiger partial charge is 0.495 e. The number of epoxide rings is 1. The lowest BCUT2D eigenvalue weighted by Crippen LogP contribution is -2.53. The SMILES string of the molecule is COc1cc2cc(c1Cl)N(C)C(=O)C[C@H](OC(=O)Nc1ccc(CC(=O)[C@H](CCCNC(N)=O)NC(=O)[C@@H](CC(=O)CCCCCN3C(=O)CC(C)C3=O)C(C)C)cc1F)[C@]1(C)O[C@H]1[C@H](C)[C@@H]1C[C@@](O)(CC(=O)O1)[C@H](OC)/C=C/C=C(\C)C2. The molecule has 0 saturated carbocycles. The molecule has 7 amide bonds. The molecule has 23 heteroatoms. The average Bonchev–Trinajstić information content (AvgIpc) is 2.74. The van der Waals surface area contributed by atoms with Gasteiger partial charge in [-0.25, -0.2) is 14.0 Å². The Hall–Kier alpha value is -6.75. The number of hydrogen-bond donors (Lipinski definition) is 5. The first kappa shape index (κ1) is 65.4. The van der Waals surface area contributed by atoms with Crippen LogP contribution < -0.4 is 31.3 Å². The zero-order valence-electron chi connectivity index (χ0n) is 48.8. The monoisotopic (exact) mass is 1180 g/mol. The Bertz CT molecular complexity index is 2850. The van der Waals surface area contributed by atoms with Crippen LogP contribution in [0, 0.1) is 29.5 Å². The molecule has 2 aromatic rings. The van der Waals surface area contributed by atoms with Gasteiger partial charge >= 0.3 is 18.1 Å². The van der Waals surface area contributed by atoms with E-state index in [0.717, 1.165) is 17.2 Å². The summed E-state index contributed by atoms with van der Waals surface area (Å²) in [4.78, 5) is 121. The Morgan fingerprint density at radius 1 is 1.00 bits per heavy atom. The summed E-state index contributed by atoms with van der Waals surface area (Å²) in [5.74, 6) is -5.53. The molecule has 454 valence electrons. The van der Waals surface area contributed by atoms with Crippen LogP contribution >= 0.6 is 11.6 Å². The molecule has 4 heterocycles. The normalized spacial score (nSPS) is 26.4. The number of fused-ring (bicyclic) bond motifs is 5. The number of unbranched alkanes of at least 4 members (excludes halogenated alkanes) is 2. The number of aliphatic hydroxyl groups is 1. The summed E-state index contributed by atoms with van der Waals surface area (Å²) in [5.41, 5.74) is 3.94. The van der Waals surface area contributed by atoms with Crippen molar-refractivity contribution in [3.63, 3.8) is 0 Å². The predicted molar refractivity (Wildman–Crippen MR) is 305 cm³/mol. The summed E-state index contributed by atoms with van der Waals surface area (Å²) >= 11 is 6.82. The van der Waals surface area contributed by atoms with Crippen molar-refractivity contribution >= 4 is 76.3 Å². The third kappa shape index (κ3) is 17.0. The van der Waals surface area contributed by atoms with Gasteiger partial charge in [0.1, 0.15) is 51.9 Å². The van der Waals surface area contributed by atoms with Crippen LogP contribution in [0.1, 0.15) is 123 Å². The number of carbonyl (C=O) groups excluding carboxylic acids is 9. The van der Waals surface area contributed by atoms with Gasteiger partial charge in [-0.2, -0.15) is 0 Å². The Balaban J connectivity index is 1.16. The van der Waals surface area contributed by atoms with Crippen molar-refractivity contribution in [3.8, 4) is 5.75 Å². The molecule has 0 aromatic heterocycles. The number of esters is 1. The quantitative estimate of drug-likeness (QED) is 0.0343. The molecule has 0 spiro atoms. The van der Waals surface area contributed by atoms with E-state index in [0.29, 0.717) is 37.1 Å². The number of urea groups is 1. The lowest BCUT2D eigenvalue weighted by molar-refractivity contribution is -0.187. The summed E-state index contributed by atoms with van der Waals surface area (Å²) in [5, 5.41) is 19.8. The van der Waals surface area contributed by atoms with Crippen molar-refractivity contribution in [3.05, 3.63) is 76.1 Å². The Labute approximate surface area is 488 Å². The number of amides is 7. The van der Waals surface area contributed by atoms with Gasteiger partial charge in [0, 0.05) is 77.1 Å². The third-order valence-electron chi connectivity index (χ3n) is 16.2. The first-order chi connectivity index (χ1) is 39.2. The summed E-state index contributed by atoms with van der Waals surface area (Å²) in [6.07, 6.45) is 1.48. The molecular weight excluding hydrogens is 1100 g/mol. The van der Waals surface area contributed by atoms with Crippen LogP contribution in [0.3, 0.4) is 0 Å². The van der Waals surface area contributed by atoms with Crippen LogP contribution in [0.15, 0.2) is 54.1 Å². The predicted octanol–water partition coefficient (Wildman–Crippen LogP) is 6.99. The number of anilines is 2. The van der Waals surface area contributed by atoms with Crippen molar-refractivity contribution in [1.82, 2.24) is 15.5 Å². The summed E-state index contributed by atoms with van der Waals surface area (Å²) in [6, 6.07) is 5.25. The molecule has 83 heavy (non-hydrogen) atoms. The van der Waals surface area contributed by atoms with E-state index in [4.69, 9.17) is 41.0 Å². The molecule has 1 unspecified atom stereocenters. The van der Waals surface area contributed by atoms with Crippen molar-refractivity contribution in [1.29, 1.82) is 0 Å². The molecule has 2 aromatic carbocycles. The zero-order valence-corrected chi connectivity index (χ0v) is 49.6. The minimum atomic E-state index is -1.68. The Morgan fingerprint density at radius 2 is 1.73 bits per heavy atom. The summed E-state index contributed by atoms with van der Waals surface area (Å²) < 4.78 is 45.5. The fourth-order valence-electron chi connectivity index (χ4n) is 11.2. The summed E-state index contributed by atoms with van der Waals surface area (Å²) in [7, 11) is 4.38. The highest BCUT2D eigenvalue weighted by Gasteiger charge is 2.64. The van der Waals surface area contributed by atoms with Gasteiger partial charge in [-0.1, -0.05) is 75.6 Å². The van der Waals surface area contributed by atoms with Crippen LogP contribution in [0.25, 0.3) is 0 Å². The number of rotatable bonds is 22. The molecule has 4 aliphatic rings. The molecule has 3 saturated heterocycles. The fraction of sp³-hybridized carbons (Fsp3) is 0.583. The number of hydrogen-bond acceptors (Lipinski definition) is 15. The number of allylic oxidation sites excluding steroid dienone is 3. The molecule has 10 atom stereocenters. The van der Waals surface area contributed by atoms with Gasteiger partial charge < -0.3 is 50.1 Å². The Morgan fingerprint density at radius 3 is 2.39 bits per heavy atom. The van der Waals surface area contributed by atoms with E-state index >= 15 is 4.39 Å². The maximum absolute atomic E-state index is 16.1. The molecule has 0 radical (unpaired) electrons. The van der Waals surface area contributed by atoms with E-state index in [1.807, 2.05) is 13.0 Å². The second-order valence-electron chi connectivity index (χ2n) is 23.0. The maximum atomic E-state index is 16.1. The van der Waals surface area contributed by atoms with E-state index in [1.54, 1.807) is 58.9 Å². The highest BCUT2D eigenvalue weighted by molar-refractivity contribution is 6.35. The second kappa shape index (κ2) is 28.7. The number of halogens is 2. The molecule has 21 nitrogen and oxygen atoms in total. The maximum Gasteiger partial charge on any atom is 0.412 e. The van der Waals surface area contributed by atoms with Crippen LogP contribution in [-0.4, -0.2) is 139 Å².